The lowest BCUT2D eigenvalue weighted by Crippen LogP contribution is -2.14. The number of carbonyl (C=O) groups excluding carboxylic acids is 1. The fourth-order valence-electron chi connectivity index (χ4n) is 3.58. The third kappa shape index (κ3) is 3.16. The number of rotatable bonds is 4. The van der Waals surface area contributed by atoms with Crippen molar-refractivity contribution < 1.29 is 9.53 Å². The molecule has 2 heterocycles. The lowest BCUT2D eigenvalue weighted by Gasteiger charge is -2.09. The van der Waals surface area contributed by atoms with Crippen LogP contribution in [0.2, 0.25) is 0 Å². The summed E-state index contributed by atoms with van der Waals surface area (Å²) in [5.41, 5.74) is 2.96. The number of amides is 1. The molecule has 30 heavy (non-hydrogen) atoms. The summed E-state index contributed by atoms with van der Waals surface area (Å²) in [6.07, 6.45) is 1.89. The normalized spacial score (nSPS) is 11.0. The number of benzene rings is 3. The maximum absolute atomic E-state index is 13.1. The minimum atomic E-state index is -0.179. The topological polar surface area (TPSA) is 55.6 Å². The van der Waals surface area contributed by atoms with Crippen molar-refractivity contribution in [3.05, 3.63) is 96.7 Å². The summed E-state index contributed by atoms with van der Waals surface area (Å²) in [6, 6.07) is 27.1. The smallest absolute Gasteiger partial charge is 0.256 e. The fraction of sp³-hybridized carbons (Fsp3) is 0.0400. The molecule has 0 bridgehead atoms. The third-order valence-electron chi connectivity index (χ3n) is 5.14. The van der Waals surface area contributed by atoms with E-state index < -0.39 is 0 Å². The zero-order valence-corrected chi connectivity index (χ0v) is 16.4. The number of anilines is 1. The zero-order chi connectivity index (χ0) is 20.5. The molecule has 0 aliphatic rings. The van der Waals surface area contributed by atoms with Gasteiger partial charge in [-0.3, -0.25) is 9.20 Å². The van der Waals surface area contributed by atoms with Crippen LogP contribution >= 0.6 is 0 Å². The van der Waals surface area contributed by atoms with Crippen LogP contribution in [0.25, 0.3) is 27.7 Å². The van der Waals surface area contributed by atoms with Crippen LogP contribution in [0.5, 0.6) is 5.75 Å². The van der Waals surface area contributed by atoms with Gasteiger partial charge in [-0.15, -0.1) is 0 Å². The second kappa shape index (κ2) is 7.37. The first-order valence-electron chi connectivity index (χ1n) is 9.64. The Balaban J connectivity index is 1.57. The highest BCUT2D eigenvalue weighted by Crippen LogP contribution is 2.30. The lowest BCUT2D eigenvalue weighted by molar-refractivity contribution is 0.102. The number of nitrogens with one attached hydrogen (secondary N) is 1. The second-order valence-corrected chi connectivity index (χ2v) is 6.98. The Morgan fingerprint density at radius 1 is 0.900 bits per heavy atom. The molecule has 0 fully saturated rings. The van der Waals surface area contributed by atoms with Gasteiger partial charge in [0.25, 0.3) is 5.91 Å². The minimum absolute atomic E-state index is 0.179. The van der Waals surface area contributed by atoms with Crippen molar-refractivity contribution >= 4 is 28.1 Å². The van der Waals surface area contributed by atoms with Gasteiger partial charge >= 0.3 is 0 Å². The van der Waals surface area contributed by atoms with Crippen LogP contribution in [0.4, 0.5) is 5.82 Å². The van der Waals surface area contributed by atoms with Gasteiger partial charge in [0.15, 0.2) is 0 Å². The highest BCUT2D eigenvalue weighted by molar-refractivity contribution is 6.07. The fourth-order valence-corrected chi connectivity index (χ4v) is 3.58. The lowest BCUT2D eigenvalue weighted by atomic mass is 10.1. The maximum Gasteiger partial charge on any atom is 0.256 e. The van der Waals surface area contributed by atoms with Gasteiger partial charge in [-0.25, -0.2) is 4.98 Å². The molecule has 146 valence electrons. The van der Waals surface area contributed by atoms with Crippen LogP contribution in [0.15, 0.2) is 91.1 Å². The Kier molecular flexibility index (Phi) is 4.41. The quantitative estimate of drug-likeness (QED) is 0.444. The number of nitrogens with zero attached hydrogens (tertiary/aromatic N) is 2. The molecule has 5 rings (SSSR count). The van der Waals surface area contributed by atoms with Gasteiger partial charge in [0.05, 0.1) is 7.11 Å². The van der Waals surface area contributed by atoms with Crippen LogP contribution in [-0.2, 0) is 0 Å². The van der Waals surface area contributed by atoms with Gasteiger partial charge < -0.3 is 10.1 Å². The Hall–Kier alpha value is -4.12. The van der Waals surface area contributed by atoms with Gasteiger partial charge in [0.1, 0.15) is 22.9 Å². The van der Waals surface area contributed by atoms with E-state index in [1.54, 1.807) is 7.11 Å². The predicted octanol–water partition coefficient (Wildman–Crippen LogP) is 5.42. The van der Waals surface area contributed by atoms with Gasteiger partial charge in [-0.05, 0) is 59.3 Å². The van der Waals surface area contributed by atoms with Crippen molar-refractivity contribution in [3.63, 3.8) is 0 Å². The Morgan fingerprint density at radius 2 is 1.67 bits per heavy atom. The molecule has 0 spiro atoms. The van der Waals surface area contributed by atoms with E-state index in [9.17, 15) is 4.79 Å². The van der Waals surface area contributed by atoms with Crippen LogP contribution in [0.1, 0.15) is 10.4 Å². The monoisotopic (exact) mass is 393 g/mol. The van der Waals surface area contributed by atoms with E-state index in [2.05, 4.69) is 5.32 Å². The van der Waals surface area contributed by atoms with Crippen LogP contribution in [0, 0.1) is 0 Å². The average Bonchev–Trinajstić information content (AvgIpc) is 3.17. The number of aromatic nitrogens is 2. The van der Waals surface area contributed by atoms with Crippen molar-refractivity contribution in [1.82, 2.24) is 9.38 Å². The molecule has 0 aliphatic heterocycles. The predicted molar refractivity (Wildman–Crippen MR) is 119 cm³/mol. The van der Waals surface area contributed by atoms with Gasteiger partial charge in [0.2, 0.25) is 0 Å². The van der Waals surface area contributed by atoms with Crippen molar-refractivity contribution in [2.24, 2.45) is 0 Å². The number of methoxy groups -OCH3 is 1. The van der Waals surface area contributed by atoms with Gasteiger partial charge in [-0.1, -0.05) is 36.4 Å². The number of hydrogen-bond acceptors (Lipinski definition) is 3. The highest BCUT2D eigenvalue weighted by Gasteiger charge is 2.17. The first-order valence-corrected chi connectivity index (χ1v) is 9.64. The molecule has 0 unspecified atom stereocenters. The number of imidazole rings is 1. The van der Waals surface area contributed by atoms with E-state index in [0.717, 1.165) is 27.7 Å². The molecule has 0 aliphatic carbocycles. The van der Waals surface area contributed by atoms with Crippen molar-refractivity contribution in [1.29, 1.82) is 0 Å². The number of carbonyl (C=O) groups is 1. The van der Waals surface area contributed by atoms with E-state index in [1.807, 2.05) is 95.5 Å². The van der Waals surface area contributed by atoms with Crippen LogP contribution < -0.4 is 10.1 Å². The summed E-state index contributed by atoms with van der Waals surface area (Å²) in [4.78, 5) is 17.9. The zero-order valence-electron chi connectivity index (χ0n) is 16.4. The molecule has 2 aromatic heterocycles. The van der Waals surface area contributed by atoms with Crippen molar-refractivity contribution in [2.45, 2.75) is 0 Å². The van der Waals surface area contributed by atoms with Crippen molar-refractivity contribution in [3.8, 4) is 17.0 Å². The molecule has 5 nitrogen and oxygen atoms in total. The van der Waals surface area contributed by atoms with Gasteiger partial charge in [-0.2, -0.15) is 0 Å². The van der Waals surface area contributed by atoms with E-state index in [1.165, 1.54) is 0 Å². The number of ether oxygens (including phenoxy) is 1. The molecule has 5 aromatic rings. The molecule has 0 saturated heterocycles. The average molecular weight is 393 g/mol. The standard InChI is InChI=1S/C25H19N3O2/c1-30-21-13-11-18(12-14-21)23-24(28-15-5-4-8-22(28)26-23)27-25(29)20-10-9-17-6-2-3-7-19(17)16-20/h2-16H,1H3,(H,27,29). The molecule has 1 N–H and O–H groups in total. The van der Waals surface area contributed by atoms with E-state index in [-0.39, 0.29) is 5.91 Å². The molecule has 1 amide bonds. The number of pyridine rings is 1. The molecular weight excluding hydrogens is 374 g/mol. The highest BCUT2D eigenvalue weighted by atomic mass is 16.5. The number of fused-ring (bicyclic) bond motifs is 2. The second-order valence-electron chi connectivity index (χ2n) is 6.98. The van der Waals surface area contributed by atoms with Crippen LogP contribution in [-0.4, -0.2) is 22.4 Å². The molecule has 0 atom stereocenters. The summed E-state index contributed by atoms with van der Waals surface area (Å²) in [7, 11) is 1.63. The molecular formula is C25H19N3O2. The van der Waals surface area contributed by atoms with Gasteiger partial charge in [0, 0.05) is 17.3 Å². The van der Waals surface area contributed by atoms with E-state index >= 15 is 0 Å². The summed E-state index contributed by atoms with van der Waals surface area (Å²) >= 11 is 0. The minimum Gasteiger partial charge on any atom is -0.497 e. The Labute approximate surface area is 173 Å². The summed E-state index contributed by atoms with van der Waals surface area (Å²) in [5, 5.41) is 5.20. The third-order valence-corrected chi connectivity index (χ3v) is 5.14. The summed E-state index contributed by atoms with van der Waals surface area (Å²) < 4.78 is 7.14. The SMILES string of the molecule is COc1ccc(-c2nc3ccccn3c2NC(=O)c2ccc3ccccc3c2)cc1. The molecule has 3 aromatic carbocycles. The van der Waals surface area contributed by atoms with Crippen molar-refractivity contribution in [2.75, 3.05) is 12.4 Å². The largest absolute Gasteiger partial charge is 0.497 e. The Bertz CT molecular complexity index is 1370. The maximum atomic E-state index is 13.1. The number of hydrogen-bond donors (Lipinski definition) is 1. The first-order chi connectivity index (χ1) is 14.7. The van der Waals surface area contributed by atoms with E-state index in [4.69, 9.17) is 9.72 Å². The first kappa shape index (κ1) is 17.9. The Morgan fingerprint density at radius 3 is 2.47 bits per heavy atom. The summed E-state index contributed by atoms with van der Waals surface area (Å²) in [5.74, 6) is 1.22. The summed E-state index contributed by atoms with van der Waals surface area (Å²) in [6.45, 7) is 0. The molecule has 0 radical (unpaired) electrons. The van der Waals surface area contributed by atoms with E-state index in [0.29, 0.717) is 17.1 Å². The molecule has 0 saturated carbocycles. The molecule has 5 heteroatoms. The van der Waals surface area contributed by atoms with Crippen LogP contribution in [0.3, 0.4) is 0 Å².